The molecule has 0 aliphatic carbocycles. The Morgan fingerprint density at radius 1 is 1.20 bits per heavy atom. The van der Waals surface area contributed by atoms with Crippen LogP contribution in [0.2, 0.25) is 0 Å². The Kier molecular flexibility index (Phi) is 5.33. The number of rotatable bonds is 3. The first-order chi connectivity index (χ1) is 9.27. The highest BCUT2D eigenvalue weighted by atomic mass is 32.1. The number of thiocarbonyl (C=S) groups is 1. The number of hydrogen-bond acceptors (Lipinski definition) is 4. The normalized spacial score (nSPS) is 10.7. The van der Waals surface area contributed by atoms with Gasteiger partial charge < -0.3 is 20.1 Å². The van der Waals surface area contributed by atoms with Crippen LogP contribution in [0.15, 0.2) is 18.2 Å². The Labute approximate surface area is 124 Å². The van der Waals surface area contributed by atoms with Crippen LogP contribution >= 0.6 is 12.2 Å². The van der Waals surface area contributed by atoms with Crippen LogP contribution in [-0.4, -0.2) is 25.2 Å². The number of anilines is 1. The van der Waals surface area contributed by atoms with Crippen LogP contribution in [-0.2, 0) is 4.79 Å². The van der Waals surface area contributed by atoms with Crippen molar-refractivity contribution < 1.29 is 14.3 Å². The first-order valence-corrected chi connectivity index (χ1v) is 6.53. The number of carbonyl (C=O) groups excluding carboxylic acids is 1. The second-order valence-corrected chi connectivity index (χ2v) is 5.63. The van der Waals surface area contributed by atoms with Crippen molar-refractivity contribution in [2.24, 2.45) is 5.41 Å². The summed E-state index contributed by atoms with van der Waals surface area (Å²) < 4.78 is 10.4. The van der Waals surface area contributed by atoms with Crippen LogP contribution < -0.4 is 20.1 Å². The maximum Gasteiger partial charge on any atom is 0.231 e. The lowest BCUT2D eigenvalue weighted by atomic mass is 9.96. The minimum absolute atomic E-state index is 0.156. The maximum absolute atomic E-state index is 11.8. The molecule has 0 bridgehead atoms. The molecule has 0 fully saturated rings. The van der Waals surface area contributed by atoms with Crippen molar-refractivity contribution in [2.45, 2.75) is 20.8 Å². The maximum atomic E-state index is 11.8. The van der Waals surface area contributed by atoms with E-state index in [4.69, 9.17) is 21.7 Å². The van der Waals surface area contributed by atoms with Gasteiger partial charge in [0.05, 0.1) is 19.9 Å². The van der Waals surface area contributed by atoms with Crippen molar-refractivity contribution >= 4 is 28.9 Å². The van der Waals surface area contributed by atoms with Crippen molar-refractivity contribution in [3.63, 3.8) is 0 Å². The molecule has 0 atom stereocenters. The second-order valence-electron chi connectivity index (χ2n) is 5.22. The third-order valence-electron chi connectivity index (χ3n) is 2.56. The summed E-state index contributed by atoms with van der Waals surface area (Å²) in [6.45, 7) is 5.45. The van der Waals surface area contributed by atoms with E-state index in [-0.39, 0.29) is 11.0 Å². The number of methoxy groups -OCH3 is 2. The first-order valence-electron chi connectivity index (χ1n) is 6.12. The fourth-order valence-corrected chi connectivity index (χ4v) is 1.56. The van der Waals surface area contributed by atoms with Crippen molar-refractivity contribution in [1.29, 1.82) is 0 Å². The van der Waals surface area contributed by atoms with Gasteiger partial charge in [0.2, 0.25) is 5.91 Å². The number of carbonyl (C=O) groups is 1. The van der Waals surface area contributed by atoms with Crippen LogP contribution in [0.25, 0.3) is 0 Å². The van der Waals surface area contributed by atoms with Gasteiger partial charge in [-0.05, 0) is 24.4 Å². The van der Waals surface area contributed by atoms with E-state index in [2.05, 4.69) is 10.6 Å². The molecule has 1 rings (SSSR count). The molecular weight excluding hydrogens is 276 g/mol. The van der Waals surface area contributed by atoms with E-state index in [1.54, 1.807) is 32.4 Å². The van der Waals surface area contributed by atoms with E-state index in [9.17, 15) is 4.79 Å². The lowest BCUT2D eigenvalue weighted by Gasteiger charge is -2.19. The third-order valence-corrected chi connectivity index (χ3v) is 2.77. The summed E-state index contributed by atoms with van der Waals surface area (Å²) in [6.07, 6.45) is 0. The number of ether oxygens (including phenoxy) is 2. The highest BCUT2D eigenvalue weighted by Gasteiger charge is 2.22. The number of amides is 1. The first kappa shape index (κ1) is 16.2. The zero-order valence-corrected chi connectivity index (χ0v) is 13.2. The lowest BCUT2D eigenvalue weighted by Crippen LogP contribution is -2.41. The van der Waals surface area contributed by atoms with E-state index in [0.717, 1.165) is 0 Å². The SMILES string of the molecule is COc1ccc(OC)c(NC(=S)NC(=O)C(C)(C)C)c1. The van der Waals surface area contributed by atoms with E-state index >= 15 is 0 Å². The van der Waals surface area contributed by atoms with Crippen molar-refractivity contribution in [3.8, 4) is 11.5 Å². The minimum Gasteiger partial charge on any atom is -0.497 e. The van der Waals surface area contributed by atoms with Gasteiger partial charge in [-0.1, -0.05) is 20.8 Å². The summed E-state index contributed by atoms with van der Waals surface area (Å²) in [5.74, 6) is 1.12. The fourth-order valence-electron chi connectivity index (χ4n) is 1.36. The van der Waals surface area contributed by atoms with Crippen molar-refractivity contribution in [1.82, 2.24) is 5.32 Å². The van der Waals surface area contributed by atoms with Crippen LogP contribution in [0.4, 0.5) is 5.69 Å². The van der Waals surface area contributed by atoms with Gasteiger partial charge >= 0.3 is 0 Å². The molecule has 0 unspecified atom stereocenters. The van der Waals surface area contributed by atoms with Gasteiger partial charge in [0, 0.05) is 11.5 Å². The third kappa shape index (κ3) is 4.38. The molecule has 0 spiro atoms. The van der Waals surface area contributed by atoms with Gasteiger partial charge in [0.25, 0.3) is 0 Å². The molecular formula is C14H20N2O3S. The fraction of sp³-hybridized carbons (Fsp3) is 0.429. The second kappa shape index (κ2) is 6.56. The van der Waals surface area contributed by atoms with E-state index in [1.807, 2.05) is 20.8 Å². The summed E-state index contributed by atoms with van der Waals surface area (Å²) in [6, 6.07) is 5.28. The summed E-state index contributed by atoms with van der Waals surface area (Å²) in [5.41, 5.74) is 0.121. The molecule has 0 saturated carbocycles. The van der Waals surface area contributed by atoms with Gasteiger partial charge in [0.1, 0.15) is 11.5 Å². The number of nitrogens with one attached hydrogen (secondary N) is 2. The molecule has 0 saturated heterocycles. The average Bonchev–Trinajstić information content (AvgIpc) is 2.37. The smallest absolute Gasteiger partial charge is 0.231 e. The molecule has 0 heterocycles. The van der Waals surface area contributed by atoms with Crippen LogP contribution in [0.1, 0.15) is 20.8 Å². The van der Waals surface area contributed by atoms with E-state index in [0.29, 0.717) is 17.2 Å². The largest absolute Gasteiger partial charge is 0.497 e. The Morgan fingerprint density at radius 3 is 2.35 bits per heavy atom. The van der Waals surface area contributed by atoms with Crippen molar-refractivity contribution in [3.05, 3.63) is 18.2 Å². The molecule has 1 aromatic rings. The highest BCUT2D eigenvalue weighted by Crippen LogP contribution is 2.28. The molecule has 1 aromatic carbocycles. The van der Waals surface area contributed by atoms with E-state index < -0.39 is 5.41 Å². The standard InChI is InChI=1S/C14H20N2O3S/c1-14(2,3)12(17)16-13(20)15-10-8-9(18-4)6-7-11(10)19-5/h6-8H,1-5H3,(H2,15,16,17,20). The Balaban J connectivity index is 2.82. The molecule has 5 nitrogen and oxygen atoms in total. The van der Waals surface area contributed by atoms with E-state index in [1.165, 1.54) is 0 Å². The quantitative estimate of drug-likeness (QED) is 0.840. The molecule has 1 amide bonds. The molecule has 0 aliphatic rings. The van der Waals surface area contributed by atoms with Gasteiger partial charge in [-0.2, -0.15) is 0 Å². The van der Waals surface area contributed by atoms with Gasteiger partial charge in [0.15, 0.2) is 5.11 Å². The molecule has 20 heavy (non-hydrogen) atoms. The molecule has 6 heteroatoms. The molecule has 2 N–H and O–H groups in total. The number of benzene rings is 1. The Morgan fingerprint density at radius 2 is 1.85 bits per heavy atom. The minimum atomic E-state index is -0.510. The molecule has 110 valence electrons. The summed E-state index contributed by atoms with van der Waals surface area (Å²) in [4.78, 5) is 11.8. The predicted molar refractivity (Wildman–Crippen MR) is 83.4 cm³/mol. The van der Waals surface area contributed by atoms with Gasteiger partial charge in [-0.25, -0.2) is 0 Å². The van der Waals surface area contributed by atoms with Crippen LogP contribution in [0.3, 0.4) is 0 Å². The summed E-state index contributed by atoms with van der Waals surface area (Å²) in [7, 11) is 3.13. The zero-order valence-electron chi connectivity index (χ0n) is 12.4. The highest BCUT2D eigenvalue weighted by molar-refractivity contribution is 7.80. The van der Waals surface area contributed by atoms with Crippen LogP contribution in [0, 0.1) is 5.41 Å². The number of hydrogen-bond donors (Lipinski definition) is 2. The summed E-state index contributed by atoms with van der Waals surface area (Å²) in [5, 5.41) is 5.79. The van der Waals surface area contributed by atoms with Gasteiger partial charge in [-0.15, -0.1) is 0 Å². The molecule has 0 aromatic heterocycles. The average molecular weight is 296 g/mol. The summed E-state index contributed by atoms with van der Waals surface area (Å²) >= 11 is 5.13. The lowest BCUT2D eigenvalue weighted by molar-refractivity contribution is -0.126. The Bertz CT molecular complexity index is 510. The van der Waals surface area contributed by atoms with Crippen molar-refractivity contribution in [2.75, 3.05) is 19.5 Å². The van der Waals surface area contributed by atoms with Gasteiger partial charge in [-0.3, -0.25) is 4.79 Å². The monoisotopic (exact) mass is 296 g/mol. The molecule has 0 radical (unpaired) electrons. The molecule has 0 aliphatic heterocycles. The zero-order chi connectivity index (χ0) is 15.3. The Hall–Kier alpha value is -1.82. The topological polar surface area (TPSA) is 59.6 Å². The van der Waals surface area contributed by atoms with Crippen LogP contribution in [0.5, 0.6) is 11.5 Å². The predicted octanol–water partition coefficient (Wildman–Crippen LogP) is 2.56.